The van der Waals surface area contributed by atoms with Crippen LogP contribution in [0.5, 0.6) is 0 Å². The van der Waals surface area contributed by atoms with Crippen molar-refractivity contribution in [1.82, 2.24) is 0 Å². The zero-order valence-electron chi connectivity index (χ0n) is 8.68. The SMILES string of the molecule is CC(C)=CC(C)C=P(C)(C)C. The summed E-state index contributed by atoms with van der Waals surface area (Å²) in [5.74, 6) is 3.13. The van der Waals surface area contributed by atoms with Gasteiger partial charge in [0.1, 0.15) is 0 Å². The summed E-state index contributed by atoms with van der Waals surface area (Å²) in [7, 11) is 0. The van der Waals surface area contributed by atoms with Crippen LogP contribution in [0.4, 0.5) is 0 Å². The van der Waals surface area contributed by atoms with Crippen LogP contribution in [0.1, 0.15) is 20.8 Å². The first-order valence-electron chi connectivity index (χ1n) is 4.13. The summed E-state index contributed by atoms with van der Waals surface area (Å²) in [6, 6.07) is 0. The molecular weight excluding hydrogens is 151 g/mol. The molecule has 0 aromatic carbocycles. The Bertz CT molecular complexity index is 181. The van der Waals surface area contributed by atoms with Crippen molar-refractivity contribution in [3.63, 3.8) is 0 Å². The molecule has 1 heteroatoms. The van der Waals surface area contributed by atoms with E-state index < -0.39 is 6.89 Å². The van der Waals surface area contributed by atoms with Crippen LogP contribution >= 0.6 is 6.89 Å². The highest BCUT2D eigenvalue weighted by molar-refractivity contribution is 7.72. The second kappa shape index (κ2) is 4.16. The first-order chi connectivity index (χ1) is 4.81. The maximum absolute atomic E-state index is 2.49. The minimum atomic E-state index is -0.698. The number of hydrogen-bond acceptors (Lipinski definition) is 0. The maximum atomic E-state index is 2.49. The van der Waals surface area contributed by atoms with E-state index in [-0.39, 0.29) is 0 Å². The van der Waals surface area contributed by atoms with E-state index >= 15 is 0 Å². The van der Waals surface area contributed by atoms with Crippen molar-refractivity contribution in [2.75, 3.05) is 20.0 Å². The van der Waals surface area contributed by atoms with Gasteiger partial charge in [-0.2, -0.15) is 0 Å². The van der Waals surface area contributed by atoms with Gasteiger partial charge in [-0.15, -0.1) is 6.89 Å². The second-order valence-electron chi connectivity index (χ2n) is 4.37. The van der Waals surface area contributed by atoms with Gasteiger partial charge in [0.25, 0.3) is 0 Å². The van der Waals surface area contributed by atoms with Gasteiger partial charge < -0.3 is 0 Å². The van der Waals surface area contributed by atoms with E-state index in [0.717, 1.165) is 0 Å². The van der Waals surface area contributed by atoms with Gasteiger partial charge in [-0.3, -0.25) is 0 Å². The van der Waals surface area contributed by atoms with Crippen LogP contribution < -0.4 is 0 Å². The van der Waals surface area contributed by atoms with E-state index in [0.29, 0.717) is 5.92 Å². The first-order valence-corrected chi connectivity index (χ1v) is 7.33. The maximum Gasteiger partial charge on any atom is -0.00750 e. The summed E-state index contributed by atoms with van der Waals surface area (Å²) in [6.45, 7) is 12.9. The first kappa shape index (κ1) is 11.0. The Morgan fingerprint density at radius 2 is 1.64 bits per heavy atom. The van der Waals surface area contributed by atoms with Gasteiger partial charge in [0.2, 0.25) is 0 Å². The van der Waals surface area contributed by atoms with Crippen molar-refractivity contribution in [1.29, 1.82) is 0 Å². The van der Waals surface area contributed by atoms with E-state index in [2.05, 4.69) is 52.6 Å². The summed E-state index contributed by atoms with van der Waals surface area (Å²) in [4.78, 5) is 0. The van der Waals surface area contributed by atoms with Gasteiger partial charge >= 0.3 is 0 Å². The van der Waals surface area contributed by atoms with Gasteiger partial charge in [-0.25, -0.2) is 0 Å². The monoisotopic (exact) mass is 172 g/mol. The van der Waals surface area contributed by atoms with Crippen LogP contribution in [0.15, 0.2) is 11.6 Å². The molecule has 0 aromatic rings. The molecule has 1 unspecified atom stereocenters. The molecule has 0 amide bonds. The average Bonchev–Trinajstić information content (AvgIpc) is 1.53. The molecule has 0 saturated carbocycles. The fraction of sp³-hybridized carbons (Fsp3) is 0.700. The van der Waals surface area contributed by atoms with E-state index in [1.165, 1.54) is 5.57 Å². The van der Waals surface area contributed by atoms with Crippen molar-refractivity contribution in [3.8, 4) is 0 Å². The normalized spacial score (nSPS) is 14.0. The predicted molar refractivity (Wildman–Crippen MR) is 59.4 cm³/mol. The highest BCUT2D eigenvalue weighted by Crippen LogP contribution is 2.33. The molecule has 0 saturated heterocycles. The lowest BCUT2D eigenvalue weighted by molar-refractivity contribution is 1.02. The van der Waals surface area contributed by atoms with Crippen LogP contribution in [-0.2, 0) is 0 Å². The third-order valence-corrected chi connectivity index (χ3v) is 2.64. The average molecular weight is 172 g/mol. The van der Waals surface area contributed by atoms with Crippen LogP contribution in [-0.4, -0.2) is 25.8 Å². The number of hydrogen-bond donors (Lipinski definition) is 0. The van der Waals surface area contributed by atoms with E-state index in [9.17, 15) is 0 Å². The zero-order valence-corrected chi connectivity index (χ0v) is 9.57. The summed E-state index contributed by atoms with van der Waals surface area (Å²) in [5.41, 5.74) is 1.42. The van der Waals surface area contributed by atoms with Gasteiger partial charge in [0.05, 0.1) is 0 Å². The van der Waals surface area contributed by atoms with Gasteiger partial charge in [0, 0.05) is 0 Å². The van der Waals surface area contributed by atoms with Crippen molar-refractivity contribution in [2.24, 2.45) is 5.92 Å². The quantitative estimate of drug-likeness (QED) is 0.443. The Labute approximate surface area is 71.7 Å². The molecule has 0 nitrogen and oxygen atoms in total. The number of allylic oxidation sites excluding steroid dienone is 2. The van der Waals surface area contributed by atoms with Gasteiger partial charge in [-0.1, -0.05) is 24.4 Å². The molecule has 0 N–H and O–H groups in total. The summed E-state index contributed by atoms with van der Waals surface area (Å²) >= 11 is 0. The molecule has 11 heavy (non-hydrogen) atoms. The summed E-state index contributed by atoms with van der Waals surface area (Å²) < 4.78 is 0. The third-order valence-electron chi connectivity index (χ3n) is 1.28. The third kappa shape index (κ3) is 7.94. The lowest BCUT2D eigenvalue weighted by Gasteiger charge is -2.10. The molecule has 0 fully saturated rings. The molecule has 0 radical (unpaired) electrons. The fourth-order valence-corrected chi connectivity index (χ4v) is 2.77. The largest absolute Gasteiger partial charge is 0.117 e. The molecular formula is C10H21P. The Kier molecular flexibility index (Phi) is 4.18. The topological polar surface area (TPSA) is 0 Å². The Morgan fingerprint density at radius 3 is 1.91 bits per heavy atom. The standard InChI is InChI=1S/C10H21P/c1-9(2)7-10(3)8-11(4,5)6/h7-8,10H,1-6H3. The van der Waals surface area contributed by atoms with Gasteiger partial charge in [0.15, 0.2) is 0 Å². The molecule has 0 aliphatic heterocycles. The van der Waals surface area contributed by atoms with Crippen molar-refractivity contribution >= 4 is 12.7 Å². The molecule has 0 aromatic heterocycles. The lowest BCUT2D eigenvalue weighted by Crippen LogP contribution is -1.93. The van der Waals surface area contributed by atoms with Gasteiger partial charge in [-0.05, 0) is 39.8 Å². The Balaban J connectivity index is 4.31. The molecule has 0 bridgehead atoms. The lowest BCUT2D eigenvalue weighted by atomic mass is 10.1. The van der Waals surface area contributed by atoms with Crippen LogP contribution in [0.25, 0.3) is 0 Å². The predicted octanol–water partition coefficient (Wildman–Crippen LogP) is 3.30. The van der Waals surface area contributed by atoms with Crippen LogP contribution in [0.2, 0.25) is 0 Å². The van der Waals surface area contributed by atoms with E-state index in [1.807, 2.05) is 0 Å². The summed E-state index contributed by atoms with van der Waals surface area (Å²) in [5, 5.41) is 0. The number of rotatable bonds is 2. The minimum absolute atomic E-state index is 0.647. The molecule has 0 aliphatic carbocycles. The van der Waals surface area contributed by atoms with E-state index in [4.69, 9.17) is 0 Å². The van der Waals surface area contributed by atoms with Crippen LogP contribution in [0, 0.1) is 5.92 Å². The minimum Gasteiger partial charge on any atom is -0.117 e. The molecule has 0 rings (SSSR count). The Morgan fingerprint density at radius 1 is 1.18 bits per heavy atom. The zero-order chi connectivity index (χ0) is 9.07. The smallest absolute Gasteiger partial charge is 0.00750 e. The van der Waals surface area contributed by atoms with Crippen LogP contribution in [0.3, 0.4) is 0 Å². The highest BCUT2D eigenvalue weighted by Gasteiger charge is 1.97. The Hall–Kier alpha value is 0.0400. The van der Waals surface area contributed by atoms with Crippen molar-refractivity contribution in [2.45, 2.75) is 20.8 Å². The highest BCUT2D eigenvalue weighted by atomic mass is 31.2. The molecule has 1 atom stereocenters. The van der Waals surface area contributed by atoms with Crippen molar-refractivity contribution < 1.29 is 0 Å². The molecule has 0 aliphatic rings. The fourth-order valence-electron chi connectivity index (χ4n) is 1.27. The summed E-state index contributed by atoms with van der Waals surface area (Å²) in [6.07, 6.45) is 2.32. The molecule has 0 heterocycles. The van der Waals surface area contributed by atoms with E-state index in [1.54, 1.807) is 0 Å². The second-order valence-corrected chi connectivity index (χ2v) is 8.90. The molecule has 0 spiro atoms. The van der Waals surface area contributed by atoms with Crippen molar-refractivity contribution in [3.05, 3.63) is 11.6 Å². The molecule has 66 valence electrons.